The number of anilines is 1. The minimum Gasteiger partial charge on any atom is -0.490 e. The zero-order valence-electron chi connectivity index (χ0n) is 13.4. The SMILES string of the molecule is CCn1cc(NC(=O)c2cc(OC(C)C)c3ccoc3c2)cn1. The van der Waals surface area contributed by atoms with Gasteiger partial charge in [0.25, 0.3) is 5.91 Å². The number of amides is 1. The lowest BCUT2D eigenvalue weighted by atomic mass is 10.1. The summed E-state index contributed by atoms with van der Waals surface area (Å²) < 4.78 is 13.0. The van der Waals surface area contributed by atoms with Gasteiger partial charge in [0.15, 0.2) is 0 Å². The summed E-state index contributed by atoms with van der Waals surface area (Å²) >= 11 is 0. The predicted molar refractivity (Wildman–Crippen MR) is 87.8 cm³/mol. The molecule has 6 nitrogen and oxygen atoms in total. The molecule has 1 aromatic carbocycles. The number of ether oxygens (including phenoxy) is 1. The normalized spacial score (nSPS) is 11.1. The molecule has 0 unspecified atom stereocenters. The van der Waals surface area contributed by atoms with E-state index in [0.29, 0.717) is 22.6 Å². The molecule has 0 aliphatic carbocycles. The van der Waals surface area contributed by atoms with Gasteiger partial charge in [0.1, 0.15) is 11.3 Å². The Morgan fingerprint density at radius 1 is 1.43 bits per heavy atom. The number of aromatic nitrogens is 2. The number of fused-ring (bicyclic) bond motifs is 1. The minimum atomic E-state index is -0.229. The molecule has 23 heavy (non-hydrogen) atoms. The van der Waals surface area contributed by atoms with Crippen molar-refractivity contribution in [2.24, 2.45) is 0 Å². The fraction of sp³-hybridized carbons (Fsp3) is 0.294. The van der Waals surface area contributed by atoms with Crippen molar-refractivity contribution in [2.45, 2.75) is 33.4 Å². The minimum absolute atomic E-state index is 0.00852. The fourth-order valence-electron chi connectivity index (χ4n) is 2.33. The van der Waals surface area contributed by atoms with Gasteiger partial charge in [-0.25, -0.2) is 0 Å². The van der Waals surface area contributed by atoms with Crippen LogP contribution in [0.5, 0.6) is 5.75 Å². The van der Waals surface area contributed by atoms with E-state index in [2.05, 4.69) is 10.4 Å². The number of carbonyl (C=O) groups excluding carboxylic acids is 1. The third kappa shape index (κ3) is 3.21. The molecule has 0 aliphatic rings. The summed E-state index contributed by atoms with van der Waals surface area (Å²) in [7, 11) is 0. The maximum absolute atomic E-state index is 12.5. The number of nitrogens with one attached hydrogen (secondary N) is 1. The third-order valence-electron chi connectivity index (χ3n) is 3.37. The van der Waals surface area contributed by atoms with E-state index in [1.807, 2.05) is 26.8 Å². The molecule has 1 amide bonds. The van der Waals surface area contributed by atoms with Crippen molar-refractivity contribution in [1.82, 2.24) is 9.78 Å². The van der Waals surface area contributed by atoms with Crippen LogP contribution < -0.4 is 10.1 Å². The average Bonchev–Trinajstić information content (AvgIpc) is 3.15. The van der Waals surface area contributed by atoms with Crippen molar-refractivity contribution >= 4 is 22.6 Å². The van der Waals surface area contributed by atoms with Crippen LogP contribution in [-0.2, 0) is 6.54 Å². The summed E-state index contributed by atoms with van der Waals surface area (Å²) in [4.78, 5) is 12.5. The van der Waals surface area contributed by atoms with Gasteiger partial charge in [-0.1, -0.05) is 0 Å². The Balaban J connectivity index is 1.90. The monoisotopic (exact) mass is 313 g/mol. The number of aryl methyl sites for hydroxylation is 1. The quantitative estimate of drug-likeness (QED) is 0.780. The highest BCUT2D eigenvalue weighted by Gasteiger charge is 2.14. The molecule has 0 spiro atoms. The van der Waals surface area contributed by atoms with Crippen molar-refractivity contribution in [3.8, 4) is 5.75 Å². The molecule has 0 radical (unpaired) electrons. The predicted octanol–water partition coefficient (Wildman–Crippen LogP) is 3.69. The van der Waals surface area contributed by atoms with Gasteiger partial charge in [0, 0.05) is 18.3 Å². The van der Waals surface area contributed by atoms with Crippen LogP contribution in [0.3, 0.4) is 0 Å². The first-order valence-corrected chi connectivity index (χ1v) is 7.58. The van der Waals surface area contributed by atoms with Crippen LogP contribution >= 0.6 is 0 Å². The molecule has 3 rings (SSSR count). The lowest BCUT2D eigenvalue weighted by Gasteiger charge is -2.12. The van der Waals surface area contributed by atoms with E-state index >= 15 is 0 Å². The van der Waals surface area contributed by atoms with Crippen LogP contribution in [0.1, 0.15) is 31.1 Å². The zero-order valence-corrected chi connectivity index (χ0v) is 13.4. The van der Waals surface area contributed by atoms with Crippen molar-refractivity contribution in [3.63, 3.8) is 0 Å². The molecule has 120 valence electrons. The Morgan fingerprint density at radius 2 is 2.26 bits per heavy atom. The standard InChI is InChI=1S/C17H19N3O3/c1-4-20-10-13(9-18-20)19-17(21)12-7-15-14(5-6-22-15)16(8-12)23-11(2)3/h5-11H,4H2,1-3H3,(H,19,21). The topological polar surface area (TPSA) is 69.3 Å². The van der Waals surface area contributed by atoms with Crippen LogP contribution in [0.4, 0.5) is 5.69 Å². The smallest absolute Gasteiger partial charge is 0.256 e. The van der Waals surface area contributed by atoms with E-state index < -0.39 is 0 Å². The summed E-state index contributed by atoms with van der Waals surface area (Å²) in [5.41, 5.74) is 1.76. The Bertz CT molecular complexity index is 833. The third-order valence-corrected chi connectivity index (χ3v) is 3.37. The molecule has 0 saturated carbocycles. The van der Waals surface area contributed by atoms with Crippen molar-refractivity contribution in [3.05, 3.63) is 42.4 Å². The number of hydrogen-bond acceptors (Lipinski definition) is 4. The van der Waals surface area contributed by atoms with E-state index in [1.165, 1.54) is 0 Å². The summed E-state index contributed by atoms with van der Waals surface area (Å²) in [6.07, 6.45) is 5.01. The number of furan rings is 1. The van der Waals surface area contributed by atoms with Gasteiger partial charge < -0.3 is 14.5 Å². The van der Waals surface area contributed by atoms with E-state index in [1.54, 1.807) is 35.5 Å². The highest BCUT2D eigenvalue weighted by molar-refractivity contribution is 6.06. The van der Waals surface area contributed by atoms with Crippen LogP contribution in [0.15, 0.2) is 41.3 Å². The van der Waals surface area contributed by atoms with Crippen molar-refractivity contribution in [2.75, 3.05) is 5.32 Å². The molecule has 2 aromatic heterocycles. The van der Waals surface area contributed by atoms with E-state index in [4.69, 9.17) is 9.15 Å². The number of hydrogen-bond donors (Lipinski definition) is 1. The maximum atomic E-state index is 12.5. The Hall–Kier alpha value is -2.76. The number of carbonyl (C=O) groups is 1. The second kappa shape index (κ2) is 6.16. The largest absolute Gasteiger partial charge is 0.490 e. The molecule has 0 aliphatic heterocycles. The first-order valence-electron chi connectivity index (χ1n) is 7.58. The Kier molecular flexibility index (Phi) is 4.06. The van der Waals surface area contributed by atoms with E-state index in [0.717, 1.165) is 11.9 Å². The Labute approximate surface area is 134 Å². The van der Waals surface area contributed by atoms with Gasteiger partial charge in [-0.15, -0.1) is 0 Å². The van der Waals surface area contributed by atoms with E-state index in [-0.39, 0.29) is 12.0 Å². The van der Waals surface area contributed by atoms with Gasteiger partial charge in [-0.3, -0.25) is 9.48 Å². The molecule has 0 atom stereocenters. The van der Waals surface area contributed by atoms with Crippen LogP contribution in [0.2, 0.25) is 0 Å². The fourth-order valence-corrected chi connectivity index (χ4v) is 2.33. The first-order chi connectivity index (χ1) is 11.1. The Morgan fingerprint density at radius 3 is 2.96 bits per heavy atom. The van der Waals surface area contributed by atoms with Crippen molar-refractivity contribution < 1.29 is 13.9 Å². The van der Waals surface area contributed by atoms with Gasteiger partial charge >= 0.3 is 0 Å². The summed E-state index contributed by atoms with van der Waals surface area (Å²) in [5, 5.41) is 7.83. The molecular weight excluding hydrogens is 294 g/mol. The van der Waals surface area contributed by atoms with Crippen LogP contribution in [0.25, 0.3) is 11.0 Å². The molecule has 3 aromatic rings. The second-order valence-corrected chi connectivity index (χ2v) is 5.51. The van der Waals surface area contributed by atoms with Crippen LogP contribution in [0, 0.1) is 0 Å². The number of benzene rings is 1. The van der Waals surface area contributed by atoms with Gasteiger partial charge in [0.2, 0.25) is 0 Å². The van der Waals surface area contributed by atoms with Crippen LogP contribution in [-0.4, -0.2) is 21.8 Å². The first kappa shape index (κ1) is 15.1. The molecule has 2 heterocycles. The second-order valence-electron chi connectivity index (χ2n) is 5.51. The lowest BCUT2D eigenvalue weighted by Crippen LogP contribution is -2.12. The van der Waals surface area contributed by atoms with Gasteiger partial charge in [0.05, 0.1) is 29.6 Å². The van der Waals surface area contributed by atoms with Gasteiger partial charge in [-0.2, -0.15) is 5.10 Å². The number of rotatable bonds is 5. The highest BCUT2D eigenvalue weighted by Crippen LogP contribution is 2.29. The maximum Gasteiger partial charge on any atom is 0.256 e. The molecule has 0 fully saturated rings. The molecule has 0 saturated heterocycles. The summed E-state index contributed by atoms with van der Waals surface area (Å²) in [6.45, 7) is 6.62. The summed E-state index contributed by atoms with van der Waals surface area (Å²) in [5.74, 6) is 0.410. The number of nitrogens with zero attached hydrogens (tertiary/aromatic N) is 2. The van der Waals surface area contributed by atoms with Gasteiger partial charge in [-0.05, 0) is 39.0 Å². The lowest BCUT2D eigenvalue weighted by molar-refractivity contribution is 0.102. The summed E-state index contributed by atoms with van der Waals surface area (Å²) in [6, 6.07) is 5.28. The zero-order chi connectivity index (χ0) is 16.4. The molecule has 6 heteroatoms. The average molecular weight is 313 g/mol. The molecular formula is C17H19N3O3. The molecule has 0 bridgehead atoms. The van der Waals surface area contributed by atoms with E-state index in [9.17, 15) is 4.79 Å². The molecule has 1 N–H and O–H groups in total. The van der Waals surface area contributed by atoms with Crippen molar-refractivity contribution in [1.29, 1.82) is 0 Å². The highest BCUT2D eigenvalue weighted by atomic mass is 16.5.